The summed E-state index contributed by atoms with van der Waals surface area (Å²) < 4.78 is 0. The zero-order valence-electron chi connectivity index (χ0n) is 19.7. The second-order valence-electron chi connectivity index (χ2n) is 8.76. The molecule has 3 rings (SSSR count). The monoisotopic (exact) mass is 423 g/mol. The molecule has 0 radical (unpaired) electrons. The quantitative estimate of drug-likeness (QED) is 0.311. The topological polar surface area (TPSA) is 12.0 Å². The van der Waals surface area contributed by atoms with E-state index in [-0.39, 0.29) is 0 Å². The summed E-state index contributed by atoms with van der Waals surface area (Å²) >= 11 is 2.02. The fourth-order valence-electron chi connectivity index (χ4n) is 4.65. The molecule has 0 bridgehead atoms. The summed E-state index contributed by atoms with van der Waals surface area (Å²) in [5.41, 5.74) is 9.46. The molecule has 0 unspecified atom stereocenters. The standard InChI is InChI=1S/C28H41NS/c1-5-9-15-21-22(16-10-6-2)24(18-12-8-4)28-27(23(21)17-11-7-3)29-25-19-13-14-20-26(25)30-28/h13-14,19-20,29H,5-12,15-18H2,1-4H3. The molecule has 1 nitrogen and oxygen atoms in total. The van der Waals surface area contributed by atoms with E-state index in [4.69, 9.17) is 0 Å². The van der Waals surface area contributed by atoms with Gasteiger partial charge in [-0.1, -0.05) is 77.3 Å². The van der Waals surface area contributed by atoms with Crippen molar-refractivity contribution in [1.29, 1.82) is 0 Å². The minimum atomic E-state index is 1.21. The second kappa shape index (κ2) is 11.8. The Balaban J connectivity index is 2.20. The smallest absolute Gasteiger partial charge is 0.0564 e. The van der Waals surface area contributed by atoms with Crippen LogP contribution in [-0.2, 0) is 25.7 Å². The maximum atomic E-state index is 3.91. The van der Waals surface area contributed by atoms with Crippen LogP contribution in [0.3, 0.4) is 0 Å². The number of rotatable bonds is 12. The molecule has 0 saturated carbocycles. The van der Waals surface area contributed by atoms with Crippen molar-refractivity contribution in [2.75, 3.05) is 5.32 Å². The van der Waals surface area contributed by atoms with Crippen LogP contribution in [0.5, 0.6) is 0 Å². The Bertz CT molecular complexity index is 756. The van der Waals surface area contributed by atoms with Crippen LogP contribution in [0.15, 0.2) is 34.1 Å². The van der Waals surface area contributed by atoms with Gasteiger partial charge in [0.1, 0.15) is 0 Å². The Kier molecular flexibility index (Phi) is 9.18. The zero-order chi connectivity index (χ0) is 21.3. The van der Waals surface area contributed by atoms with E-state index < -0.39 is 0 Å². The van der Waals surface area contributed by atoms with Crippen LogP contribution >= 0.6 is 11.8 Å². The molecule has 2 heteroatoms. The summed E-state index contributed by atoms with van der Waals surface area (Å²) in [4.78, 5) is 2.92. The molecular formula is C28H41NS. The van der Waals surface area contributed by atoms with Crippen LogP contribution < -0.4 is 5.32 Å². The first-order valence-electron chi connectivity index (χ1n) is 12.5. The van der Waals surface area contributed by atoms with Gasteiger partial charge in [-0.05, 0) is 85.8 Å². The first-order valence-corrected chi connectivity index (χ1v) is 13.3. The molecule has 0 fully saturated rings. The van der Waals surface area contributed by atoms with Crippen molar-refractivity contribution < 1.29 is 0 Å². The lowest BCUT2D eigenvalue weighted by Gasteiger charge is -2.31. The van der Waals surface area contributed by atoms with Crippen LogP contribution in [0.25, 0.3) is 0 Å². The van der Waals surface area contributed by atoms with Gasteiger partial charge in [-0.25, -0.2) is 0 Å². The van der Waals surface area contributed by atoms with Crippen molar-refractivity contribution >= 4 is 23.1 Å². The van der Waals surface area contributed by atoms with Crippen molar-refractivity contribution in [3.63, 3.8) is 0 Å². The molecule has 1 N–H and O–H groups in total. The molecule has 164 valence electrons. The fraction of sp³-hybridized carbons (Fsp3) is 0.571. The zero-order valence-corrected chi connectivity index (χ0v) is 20.5. The molecule has 0 aromatic heterocycles. The van der Waals surface area contributed by atoms with Crippen molar-refractivity contribution in [2.24, 2.45) is 0 Å². The number of nitrogens with one attached hydrogen (secondary N) is 1. The van der Waals surface area contributed by atoms with Gasteiger partial charge in [0.2, 0.25) is 0 Å². The highest BCUT2D eigenvalue weighted by molar-refractivity contribution is 7.99. The Morgan fingerprint density at radius 1 is 0.633 bits per heavy atom. The van der Waals surface area contributed by atoms with E-state index in [0.717, 1.165) is 0 Å². The van der Waals surface area contributed by atoms with Crippen LogP contribution in [0.1, 0.15) is 101 Å². The van der Waals surface area contributed by atoms with Crippen molar-refractivity contribution in [3.8, 4) is 0 Å². The number of benzene rings is 2. The van der Waals surface area contributed by atoms with Crippen LogP contribution in [0.4, 0.5) is 11.4 Å². The van der Waals surface area contributed by atoms with Crippen molar-refractivity contribution in [2.45, 2.75) is 115 Å². The van der Waals surface area contributed by atoms with Crippen molar-refractivity contribution in [3.05, 3.63) is 46.5 Å². The molecule has 0 saturated heterocycles. The number of para-hydroxylation sites is 1. The number of fused-ring (bicyclic) bond motifs is 2. The molecule has 1 aliphatic heterocycles. The highest BCUT2D eigenvalue weighted by Gasteiger charge is 2.27. The van der Waals surface area contributed by atoms with Gasteiger partial charge < -0.3 is 5.32 Å². The lowest BCUT2D eigenvalue weighted by atomic mass is 9.84. The third-order valence-corrected chi connectivity index (χ3v) is 7.61. The van der Waals surface area contributed by atoms with E-state index in [1.54, 1.807) is 27.1 Å². The maximum Gasteiger partial charge on any atom is 0.0564 e. The largest absolute Gasteiger partial charge is 0.353 e. The molecule has 0 atom stereocenters. The third-order valence-electron chi connectivity index (χ3n) is 6.38. The molecule has 0 spiro atoms. The Morgan fingerprint density at radius 3 is 1.73 bits per heavy atom. The van der Waals surface area contributed by atoms with E-state index in [0.29, 0.717) is 0 Å². The first kappa shape index (κ1) is 23.3. The van der Waals surface area contributed by atoms with E-state index in [1.807, 2.05) is 11.8 Å². The average Bonchev–Trinajstić information content (AvgIpc) is 2.78. The summed E-state index contributed by atoms with van der Waals surface area (Å²) in [5.74, 6) is 0. The van der Waals surface area contributed by atoms with Gasteiger partial charge in [0.15, 0.2) is 0 Å². The van der Waals surface area contributed by atoms with Crippen LogP contribution in [-0.4, -0.2) is 0 Å². The molecule has 0 aliphatic carbocycles. The summed E-state index contributed by atoms with van der Waals surface area (Å²) in [7, 11) is 0. The Labute approximate surface area is 189 Å². The van der Waals surface area contributed by atoms with Gasteiger partial charge in [0.25, 0.3) is 0 Å². The Morgan fingerprint density at radius 2 is 1.13 bits per heavy atom. The SMILES string of the molecule is CCCCc1c(CCCC)c(CCCC)c2c(c1CCCC)Nc1ccccc1S2. The van der Waals surface area contributed by atoms with Gasteiger partial charge in [0, 0.05) is 9.79 Å². The van der Waals surface area contributed by atoms with Gasteiger partial charge in [-0.15, -0.1) is 0 Å². The number of hydrogen-bond acceptors (Lipinski definition) is 2. The average molecular weight is 424 g/mol. The van der Waals surface area contributed by atoms with Crippen LogP contribution in [0, 0.1) is 0 Å². The molecule has 2 aromatic rings. The predicted octanol–water partition coefficient (Wildman–Crippen LogP) is 9.27. The van der Waals surface area contributed by atoms with E-state index in [2.05, 4.69) is 57.3 Å². The molecular weight excluding hydrogens is 382 g/mol. The molecule has 0 amide bonds. The molecule has 2 aromatic carbocycles. The van der Waals surface area contributed by atoms with E-state index in [1.165, 1.54) is 93.3 Å². The third kappa shape index (κ3) is 5.25. The molecule has 1 aliphatic rings. The molecule has 1 heterocycles. The van der Waals surface area contributed by atoms with E-state index in [9.17, 15) is 0 Å². The summed E-state index contributed by atoms with van der Waals surface area (Å²) in [5, 5.41) is 3.91. The number of unbranched alkanes of at least 4 members (excludes halogenated alkanes) is 4. The highest BCUT2D eigenvalue weighted by atomic mass is 32.2. The van der Waals surface area contributed by atoms with Gasteiger partial charge in [-0.3, -0.25) is 0 Å². The van der Waals surface area contributed by atoms with Gasteiger partial charge in [-0.2, -0.15) is 0 Å². The van der Waals surface area contributed by atoms with Gasteiger partial charge in [0.05, 0.1) is 11.4 Å². The first-order chi connectivity index (χ1) is 14.7. The molecule has 30 heavy (non-hydrogen) atoms. The Hall–Kier alpha value is -1.41. The minimum absolute atomic E-state index is 1.21. The lowest BCUT2D eigenvalue weighted by Crippen LogP contribution is -2.14. The van der Waals surface area contributed by atoms with Crippen molar-refractivity contribution in [1.82, 2.24) is 0 Å². The number of hydrogen-bond donors (Lipinski definition) is 1. The second-order valence-corrected chi connectivity index (χ2v) is 9.81. The predicted molar refractivity (Wildman–Crippen MR) is 135 cm³/mol. The summed E-state index contributed by atoms with van der Waals surface area (Å²) in [6.45, 7) is 9.31. The number of anilines is 2. The minimum Gasteiger partial charge on any atom is -0.353 e. The van der Waals surface area contributed by atoms with E-state index >= 15 is 0 Å². The fourth-order valence-corrected chi connectivity index (χ4v) is 5.87. The summed E-state index contributed by atoms with van der Waals surface area (Å²) in [6, 6.07) is 8.86. The normalized spacial score (nSPS) is 12.4. The maximum absolute atomic E-state index is 3.91. The van der Waals surface area contributed by atoms with Gasteiger partial charge >= 0.3 is 0 Å². The van der Waals surface area contributed by atoms with Crippen LogP contribution in [0.2, 0.25) is 0 Å². The summed E-state index contributed by atoms with van der Waals surface area (Å²) in [6.07, 6.45) is 15.2. The highest BCUT2D eigenvalue weighted by Crippen LogP contribution is 2.50. The lowest BCUT2D eigenvalue weighted by molar-refractivity contribution is 0.711.